The predicted molar refractivity (Wildman–Crippen MR) is 86.3 cm³/mol. The van der Waals surface area contributed by atoms with Gasteiger partial charge >= 0.3 is 0 Å². The molecule has 0 bridgehead atoms. The van der Waals surface area contributed by atoms with E-state index in [4.69, 9.17) is 11.6 Å². The summed E-state index contributed by atoms with van der Waals surface area (Å²) in [5.41, 5.74) is -0.475. The molecule has 0 aliphatic rings. The predicted octanol–water partition coefficient (Wildman–Crippen LogP) is 3.28. The third-order valence-corrected chi connectivity index (χ3v) is 3.30. The second-order valence-corrected chi connectivity index (χ2v) is 5.83. The fourth-order valence-electron chi connectivity index (χ4n) is 1.83. The summed E-state index contributed by atoms with van der Waals surface area (Å²) in [4.78, 5) is 24.5. The zero-order valence-corrected chi connectivity index (χ0v) is 13.0. The average molecular weight is 318 g/mol. The van der Waals surface area contributed by atoms with Crippen molar-refractivity contribution >= 4 is 29.0 Å². The summed E-state index contributed by atoms with van der Waals surface area (Å²) in [6.07, 6.45) is 0. The lowest BCUT2D eigenvalue weighted by Gasteiger charge is -2.18. The first-order chi connectivity index (χ1) is 10.3. The van der Waals surface area contributed by atoms with Crippen LogP contribution < -0.4 is 5.32 Å². The van der Waals surface area contributed by atoms with Gasteiger partial charge in [-0.25, -0.2) is 0 Å². The van der Waals surface area contributed by atoms with E-state index in [9.17, 15) is 14.7 Å². The van der Waals surface area contributed by atoms with Gasteiger partial charge in [0, 0.05) is 16.1 Å². The van der Waals surface area contributed by atoms with Gasteiger partial charge < -0.3 is 10.4 Å². The Morgan fingerprint density at radius 3 is 2.32 bits per heavy atom. The van der Waals surface area contributed by atoms with Crippen molar-refractivity contribution in [2.75, 3.05) is 5.32 Å². The molecule has 0 saturated carbocycles. The van der Waals surface area contributed by atoms with Gasteiger partial charge in [-0.05, 0) is 32.0 Å². The number of aliphatic hydroxyl groups is 1. The molecule has 0 aliphatic heterocycles. The van der Waals surface area contributed by atoms with Gasteiger partial charge in [0.15, 0.2) is 5.78 Å². The van der Waals surface area contributed by atoms with Crippen LogP contribution in [-0.4, -0.2) is 22.4 Å². The van der Waals surface area contributed by atoms with Crippen molar-refractivity contribution in [3.8, 4) is 0 Å². The minimum Gasteiger partial charge on any atom is -0.381 e. The molecule has 0 radical (unpaired) electrons. The lowest BCUT2D eigenvalue weighted by Crippen LogP contribution is -2.37. The zero-order valence-electron chi connectivity index (χ0n) is 12.3. The summed E-state index contributed by atoms with van der Waals surface area (Å²) >= 11 is 5.96. The lowest BCUT2D eigenvalue weighted by molar-refractivity contribution is -0.130. The summed E-state index contributed by atoms with van der Waals surface area (Å²) in [5, 5.41) is 12.7. The number of hydrogen-bond donors (Lipinski definition) is 2. The van der Waals surface area contributed by atoms with Crippen LogP contribution in [0.5, 0.6) is 0 Å². The summed E-state index contributed by atoms with van der Waals surface area (Å²) in [6, 6.07) is 13.3. The van der Waals surface area contributed by atoms with E-state index in [0.717, 1.165) is 0 Å². The highest BCUT2D eigenvalue weighted by molar-refractivity contribution is 6.31. The Balaban J connectivity index is 2.41. The molecule has 2 aromatic rings. The number of amides is 1. The number of rotatable bonds is 4. The first-order valence-electron chi connectivity index (χ1n) is 6.72. The van der Waals surface area contributed by atoms with E-state index in [1.165, 1.54) is 19.9 Å². The number of carbonyl (C=O) groups is 2. The van der Waals surface area contributed by atoms with E-state index in [0.29, 0.717) is 16.3 Å². The molecule has 22 heavy (non-hydrogen) atoms. The first kappa shape index (κ1) is 16.2. The fraction of sp³-hybridized carbons (Fsp3) is 0.176. The molecule has 0 unspecified atom stereocenters. The van der Waals surface area contributed by atoms with Crippen LogP contribution in [0.2, 0.25) is 5.02 Å². The summed E-state index contributed by atoms with van der Waals surface area (Å²) in [5.74, 6) is -0.855. The molecule has 4 nitrogen and oxygen atoms in total. The minimum atomic E-state index is -1.55. The highest BCUT2D eigenvalue weighted by Gasteiger charge is 2.25. The maximum absolute atomic E-state index is 12.6. The van der Waals surface area contributed by atoms with Crippen LogP contribution in [0, 0.1) is 0 Å². The molecule has 5 heteroatoms. The average Bonchev–Trinajstić information content (AvgIpc) is 2.48. The maximum atomic E-state index is 12.6. The van der Waals surface area contributed by atoms with E-state index in [2.05, 4.69) is 5.32 Å². The highest BCUT2D eigenvalue weighted by atomic mass is 35.5. The number of carbonyl (C=O) groups excluding carboxylic acids is 2. The Labute approximate surface area is 133 Å². The van der Waals surface area contributed by atoms with Crippen molar-refractivity contribution in [3.63, 3.8) is 0 Å². The van der Waals surface area contributed by atoms with Crippen LogP contribution in [0.1, 0.15) is 29.8 Å². The normalized spacial score (nSPS) is 11.1. The number of halogens is 1. The Bertz CT molecular complexity index is 706. The smallest absolute Gasteiger partial charge is 0.255 e. The van der Waals surface area contributed by atoms with Gasteiger partial charge in [0.1, 0.15) is 5.60 Å². The third kappa shape index (κ3) is 3.72. The molecule has 0 aliphatic carbocycles. The highest BCUT2D eigenvalue weighted by Crippen LogP contribution is 2.24. The largest absolute Gasteiger partial charge is 0.381 e. The molecular weight excluding hydrogens is 302 g/mol. The van der Waals surface area contributed by atoms with Crippen LogP contribution in [0.4, 0.5) is 5.69 Å². The fourth-order valence-corrected chi connectivity index (χ4v) is 2.01. The van der Waals surface area contributed by atoms with E-state index in [1.54, 1.807) is 36.4 Å². The number of nitrogens with one attached hydrogen (secondary N) is 1. The second-order valence-electron chi connectivity index (χ2n) is 5.40. The van der Waals surface area contributed by atoms with Gasteiger partial charge in [0.05, 0.1) is 5.69 Å². The zero-order chi connectivity index (χ0) is 16.3. The Morgan fingerprint density at radius 2 is 1.73 bits per heavy atom. The van der Waals surface area contributed by atoms with Crippen LogP contribution in [-0.2, 0) is 4.79 Å². The topological polar surface area (TPSA) is 66.4 Å². The molecule has 0 atom stereocenters. The third-order valence-electron chi connectivity index (χ3n) is 3.07. The summed E-state index contributed by atoms with van der Waals surface area (Å²) in [6.45, 7) is 2.74. The Kier molecular flexibility index (Phi) is 4.64. The molecule has 0 heterocycles. The van der Waals surface area contributed by atoms with Gasteiger partial charge in [-0.3, -0.25) is 9.59 Å². The van der Waals surface area contributed by atoms with Gasteiger partial charge in [-0.15, -0.1) is 0 Å². The molecule has 0 aromatic heterocycles. The minimum absolute atomic E-state index is 0.255. The van der Waals surface area contributed by atoms with E-state index in [-0.39, 0.29) is 11.3 Å². The summed E-state index contributed by atoms with van der Waals surface area (Å²) < 4.78 is 0. The number of hydrogen-bond acceptors (Lipinski definition) is 3. The molecule has 1 amide bonds. The Morgan fingerprint density at radius 1 is 1.09 bits per heavy atom. The van der Waals surface area contributed by atoms with E-state index >= 15 is 0 Å². The molecular formula is C17H16ClNO3. The number of anilines is 1. The SMILES string of the molecule is CC(C)(O)C(=O)Nc1ccc(Cl)cc1C(=O)c1ccccc1. The van der Waals surface area contributed by atoms with Crippen molar-refractivity contribution in [3.05, 3.63) is 64.7 Å². The van der Waals surface area contributed by atoms with Crippen molar-refractivity contribution in [2.24, 2.45) is 0 Å². The molecule has 0 saturated heterocycles. The molecule has 2 aromatic carbocycles. The van der Waals surface area contributed by atoms with Crippen LogP contribution in [0.15, 0.2) is 48.5 Å². The van der Waals surface area contributed by atoms with E-state index < -0.39 is 11.5 Å². The van der Waals surface area contributed by atoms with E-state index in [1.807, 2.05) is 6.07 Å². The van der Waals surface area contributed by atoms with Crippen LogP contribution in [0.25, 0.3) is 0 Å². The number of ketones is 1. The quantitative estimate of drug-likeness (QED) is 0.850. The van der Waals surface area contributed by atoms with Gasteiger partial charge in [0.25, 0.3) is 5.91 Å². The van der Waals surface area contributed by atoms with Gasteiger partial charge in [0.2, 0.25) is 0 Å². The Hall–Kier alpha value is -2.17. The monoisotopic (exact) mass is 317 g/mol. The molecule has 0 spiro atoms. The molecule has 2 N–H and O–H groups in total. The van der Waals surface area contributed by atoms with Crippen molar-refractivity contribution in [1.29, 1.82) is 0 Å². The van der Waals surface area contributed by atoms with Crippen LogP contribution >= 0.6 is 11.6 Å². The van der Waals surface area contributed by atoms with Crippen molar-refractivity contribution in [1.82, 2.24) is 0 Å². The molecule has 0 fully saturated rings. The van der Waals surface area contributed by atoms with Crippen molar-refractivity contribution in [2.45, 2.75) is 19.4 Å². The number of benzene rings is 2. The molecule has 114 valence electrons. The summed E-state index contributed by atoms with van der Waals surface area (Å²) in [7, 11) is 0. The second kappa shape index (κ2) is 6.30. The first-order valence-corrected chi connectivity index (χ1v) is 7.10. The lowest BCUT2D eigenvalue weighted by atomic mass is 10.0. The van der Waals surface area contributed by atoms with Gasteiger partial charge in [-0.2, -0.15) is 0 Å². The van der Waals surface area contributed by atoms with Crippen LogP contribution in [0.3, 0.4) is 0 Å². The van der Waals surface area contributed by atoms with Gasteiger partial charge in [-0.1, -0.05) is 41.9 Å². The standard InChI is InChI=1S/C17H16ClNO3/c1-17(2,22)16(21)19-14-9-8-12(18)10-13(14)15(20)11-6-4-3-5-7-11/h3-10,22H,1-2H3,(H,19,21). The molecule has 2 rings (SSSR count). The maximum Gasteiger partial charge on any atom is 0.255 e. The van der Waals surface area contributed by atoms with Crippen molar-refractivity contribution < 1.29 is 14.7 Å².